The number of fused-ring (bicyclic) bond motifs is 1. The van der Waals surface area contributed by atoms with Gasteiger partial charge in [-0.25, -0.2) is 9.97 Å². The first kappa shape index (κ1) is 9.36. The van der Waals surface area contributed by atoms with E-state index in [9.17, 15) is 0 Å². The molecule has 1 aliphatic rings. The van der Waals surface area contributed by atoms with Crippen LogP contribution < -0.4 is 11.1 Å². The predicted octanol–water partition coefficient (Wildman–Crippen LogP) is 0.266. The summed E-state index contributed by atoms with van der Waals surface area (Å²) in [5, 5.41) is 3.12. The second-order valence-electron chi connectivity index (χ2n) is 3.44. The van der Waals surface area contributed by atoms with Gasteiger partial charge in [0.25, 0.3) is 0 Å². The van der Waals surface area contributed by atoms with Gasteiger partial charge in [0.1, 0.15) is 0 Å². The van der Waals surface area contributed by atoms with E-state index in [0.717, 1.165) is 11.3 Å². The zero-order valence-corrected chi connectivity index (χ0v) is 8.16. The summed E-state index contributed by atoms with van der Waals surface area (Å²) in [6.45, 7) is 3.77. The Morgan fingerprint density at radius 3 is 3.29 bits per heavy atom. The molecule has 3 N–H and O–H groups in total. The number of rotatable bonds is 3. The van der Waals surface area contributed by atoms with Crippen LogP contribution in [0.5, 0.6) is 0 Å². The number of anilines is 1. The van der Waals surface area contributed by atoms with Gasteiger partial charge in [-0.3, -0.25) is 0 Å². The van der Waals surface area contributed by atoms with Crippen LogP contribution in [-0.2, 0) is 18.0 Å². The van der Waals surface area contributed by atoms with Crippen LogP contribution in [0.25, 0.3) is 0 Å². The fourth-order valence-electron chi connectivity index (χ4n) is 1.29. The molecule has 0 radical (unpaired) electrons. The first-order valence-electron chi connectivity index (χ1n) is 4.68. The Bertz CT molecular complexity index is 329. The summed E-state index contributed by atoms with van der Waals surface area (Å²) < 4.78 is 5.25. The van der Waals surface area contributed by atoms with Gasteiger partial charge >= 0.3 is 0 Å². The Morgan fingerprint density at radius 1 is 1.64 bits per heavy atom. The lowest BCUT2D eigenvalue weighted by atomic mass is 10.3. The molecule has 2 heterocycles. The summed E-state index contributed by atoms with van der Waals surface area (Å²) in [6.07, 6.45) is 1.81. The molecule has 14 heavy (non-hydrogen) atoms. The highest BCUT2D eigenvalue weighted by atomic mass is 16.5. The molecule has 0 amide bonds. The third-order valence-electron chi connectivity index (χ3n) is 2.18. The van der Waals surface area contributed by atoms with E-state index >= 15 is 0 Å². The van der Waals surface area contributed by atoms with Gasteiger partial charge < -0.3 is 15.8 Å². The highest BCUT2D eigenvalue weighted by Crippen LogP contribution is 2.17. The lowest BCUT2D eigenvalue weighted by molar-refractivity contribution is 0.133. The number of nitrogens with zero attached hydrogens (tertiary/aromatic N) is 2. The molecule has 0 spiro atoms. The summed E-state index contributed by atoms with van der Waals surface area (Å²) in [4.78, 5) is 8.52. The Hall–Kier alpha value is -1.20. The molecule has 0 saturated heterocycles. The van der Waals surface area contributed by atoms with Gasteiger partial charge in [-0.15, -0.1) is 0 Å². The molecular formula is C9H14N4O. The van der Waals surface area contributed by atoms with Gasteiger partial charge in [0.05, 0.1) is 18.9 Å². The second-order valence-corrected chi connectivity index (χ2v) is 3.44. The van der Waals surface area contributed by atoms with Gasteiger partial charge in [-0.1, -0.05) is 0 Å². The predicted molar refractivity (Wildman–Crippen MR) is 52.7 cm³/mol. The molecule has 0 saturated carbocycles. The van der Waals surface area contributed by atoms with Gasteiger partial charge in [0.15, 0.2) is 0 Å². The number of aromatic nitrogens is 2. The Morgan fingerprint density at radius 2 is 2.50 bits per heavy atom. The van der Waals surface area contributed by atoms with E-state index in [1.807, 2.05) is 6.92 Å². The molecule has 1 aliphatic heterocycles. The fourth-order valence-corrected chi connectivity index (χ4v) is 1.29. The molecule has 0 aliphatic carbocycles. The lowest BCUT2D eigenvalue weighted by Crippen LogP contribution is -2.26. The molecule has 1 atom stereocenters. The van der Waals surface area contributed by atoms with Gasteiger partial charge in [-0.05, 0) is 6.92 Å². The normalized spacial score (nSPS) is 16.4. The van der Waals surface area contributed by atoms with E-state index in [1.165, 1.54) is 0 Å². The molecule has 1 aromatic rings. The minimum Gasteiger partial charge on any atom is -0.370 e. The lowest BCUT2D eigenvalue weighted by Gasteiger charge is -2.11. The quantitative estimate of drug-likeness (QED) is 0.722. The summed E-state index contributed by atoms with van der Waals surface area (Å²) in [6, 6.07) is 0.190. The first-order chi connectivity index (χ1) is 6.79. The van der Waals surface area contributed by atoms with Crippen molar-refractivity contribution >= 4 is 5.95 Å². The van der Waals surface area contributed by atoms with Crippen LogP contribution in [0, 0.1) is 0 Å². The van der Waals surface area contributed by atoms with Crippen molar-refractivity contribution in [3.63, 3.8) is 0 Å². The van der Waals surface area contributed by atoms with E-state index in [-0.39, 0.29) is 6.04 Å². The van der Waals surface area contributed by atoms with Crippen molar-refractivity contribution in [3.8, 4) is 0 Å². The highest BCUT2D eigenvalue weighted by Gasteiger charge is 2.14. The van der Waals surface area contributed by atoms with Crippen molar-refractivity contribution in [1.29, 1.82) is 0 Å². The molecule has 5 nitrogen and oxygen atoms in total. The molecule has 5 heteroatoms. The van der Waals surface area contributed by atoms with Crippen LogP contribution in [0.15, 0.2) is 6.20 Å². The van der Waals surface area contributed by atoms with E-state index < -0.39 is 0 Å². The molecule has 76 valence electrons. The van der Waals surface area contributed by atoms with E-state index in [0.29, 0.717) is 25.7 Å². The highest BCUT2D eigenvalue weighted by molar-refractivity contribution is 5.31. The smallest absolute Gasteiger partial charge is 0.223 e. The van der Waals surface area contributed by atoms with Gasteiger partial charge in [0, 0.05) is 24.3 Å². The third-order valence-corrected chi connectivity index (χ3v) is 2.18. The SMILES string of the molecule is CC(CN)Nc1ncc2c(n1)COC2. The largest absolute Gasteiger partial charge is 0.370 e. The Kier molecular flexibility index (Phi) is 2.60. The minimum atomic E-state index is 0.190. The van der Waals surface area contributed by atoms with Crippen molar-refractivity contribution in [1.82, 2.24) is 9.97 Å². The van der Waals surface area contributed by atoms with E-state index in [1.54, 1.807) is 6.20 Å². The Labute approximate surface area is 82.7 Å². The van der Waals surface area contributed by atoms with Gasteiger partial charge in [0.2, 0.25) is 5.95 Å². The maximum absolute atomic E-state index is 5.49. The molecule has 2 rings (SSSR count). The summed E-state index contributed by atoms with van der Waals surface area (Å²) in [7, 11) is 0. The molecular weight excluding hydrogens is 180 g/mol. The van der Waals surface area contributed by atoms with Crippen LogP contribution >= 0.6 is 0 Å². The van der Waals surface area contributed by atoms with Crippen LogP contribution in [0.2, 0.25) is 0 Å². The van der Waals surface area contributed by atoms with E-state index in [2.05, 4.69) is 15.3 Å². The van der Waals surface area contributed by atoms with Crippen molar-refractivity contribution in [2.45, 2.75) is 26.2 Å². The topological polar surface area (TPSA) is 73.1 Å². The zero-order chi connectivity index (χ0) is 9.97. The first-order valence-corrected chi connectivity index (χ1v) is 4.68. The van der Waals surface area contributed by atoms with Crippen molar-refractivity contribution in [2.75, 3.05) is 11.9 Å². The average Bonchev–Trinajstić information content (AvgIpc) is 2.64. The number of hydrogen-bond donors (Lipinski definition) is 2. The Balaban J connectivity index is 2.12. The summed E-state index contributed by atoms with van der Waals surface area (Å²) in [5.41, 5.74) is 7.55. The van der Waals surface area contributed by atoms with Crippen LogP contribution in [0.1, 0.15) is 18.2 Å². The van der Waals surface area contributed by atoms with Crippen LogP contribution in [0.3, 0.4) is 0 Å². The fraction of sp³-hybridized carbons (Fsp3) is 0.556. The number of nitrogens with two attached hydrogens (primary N) is 1. The molecule has 0 aromatic carbocycles. The number of ether oxygens (including phenoxy) is 1. The monoisotopic (exact) mass is 194 g/mol. The van der Waals surface area contributed by atoms with Crippen LogP contribution in [-0.4, -0.2) is 22.6 Å². The van der Waals surface area contributed by atoms with Crippen molar-refractivity contribution < 1.29 is 4.74 Å². The third kappa shape index (κ3) is 1.83. The minimum absolute atomic E-state index is 0.190. The maximum atomic E-state index is 5.49. The standard InChI is InChI=1S/C9H14N4O/c1-6(2-10)12-9-11-3-7-4-14-5-8(7)13-9/h3,6H,2,4-5,10H2,1H3,(H,11,12,13). The molecule has 1 unspecified atom stereocenters. The maximum Gasteiger partial charge on any atom is 0.223 e. The van der Waals surface area contributed by atoms with Gasteiger partial charge in [-0.2, -0.15) is 0 Å². The molecule has 0 bridgehead atoms. The van der Waals surface area contributed by atoms with E-state index in [4.69, 9.17) is 10.5 Å². The number of nitrogens with one attached hydrogen (secondary N) is 1. The molecule has 0 fully saturated rings. The van der Waals surface area contributed by atoms with Crippen LogP contribution in [0.4, 0.5) is 5.95 Å². The second kappa shape index (κ2) is 3.89. The van der Waals surface area contributed by atoms with Crippen molar-refractivity contribution in [3.05, 3.63) is 17.5 Å². The number of hydrogen-bond acceptors (Lipinski definition) is 5. The summed E-state index contributed by atoms with van der Waals surface area (Å²) >= 11 is 0. The average molecular weight is 194 g/mol. The molecule has 1 aromatic heterocycles. The van der Waals surface area contributed by atoms with Crippen molar-refractivity contribution in [2.24, 2.45) is 5.73 Å². The zero-order valence-electron chi connectivity index (χ0n) is 8.16. The summed E-state index contributed by atoms with van der Waals surface area (Å²) in [5.74, 6) is 0.632.